The molecule has 0 saturated carbocycles. The molecule has 0 aliphatic rings. The molecule has 0 aliphatic heterocycles. The van der Waals surface area contributed by atoms with E-state index in [1.807, 2.05) is 11.5 Å². The van der Waals surface area contributed by atoms with Gasteiger partial charge in [-0.25, -0.2) is 10.1 Å². The van der Waals surface area contributed by atoms with Crippen LogP contribution in [0.5, 0.6) is 0 Å². The van der Waals surface area contributed by atoms with Crippen molar-refractivity contribution >= 4 is 16.7 Å². The van der Waals surface area contributed by atoms with Crippen LogP contribution in [0.25, 0.3) is 10.9 Å². The molecule has 0 bridgehead atoms. The molecular weight excluding hydrogens is 172 g/mol. The number of hydrogen-bond acceptors (Lipinski definition) is 3. The van der Waals surface area contributed by atoms with Gasteiger partial charge in [-0.1, -0.05) is 17.6 Å². The van der Waals surface area contributed by atoms with Crippen molar-refractivity contribution < 1.29 is 5.03 Å². The Morgan fingerprint density at radius 1 is 1.46 bits per heavy atom. The number of aromatic amines is 1. The van der Waals surface area contributed by atoms with Crippen LogP contribution >= 0.6 is 0 Å². The molecule has 2 aromatic rings. The highest BCUT2D eigenvalue weighted by Crippen LogP contribution is 2.18. The van der Waals surface area contributed by atoms with Crippen LogP contribution in [0, 0.1) is 10.1 Å². The molecule has 0 fully saturated rings. The van der Waals surface area contributed by atoms with Crippen molar-refractivity contribution in [2.75, 3.05) is 5.43 Å². The highest BCUT2D eigenvalue weighted by atomic mass is 16.7. The number of hydrogen-bond donors (Lipinski definition) is 2. The van der Waals surface area contributed by atoms with Crippen LogP contribution in [-0.2, 0) is 0 Å². The van der Waals surface area contributed by atoms with Gasteiger partial charge in [0.15, 0.2) is 10.9 Å². The van der Waals surface area contributed by atoms with E-state index in [0.29, 0.717) is 16.7 Å². The summed E-state index contributed by atoms with van der Waals surface area (Å²) in [5.41, 5.74) is 2.73. The maximum atomic E-state index is 10.2. The number of hydrazine groups is 1. The van der Waals surface area contributed by atoms with Gasteiger partial charge in [0.2, 0.25) is 0 Å². The lowest BCUT2D eigenvalue weighted by atomic mass is 10.2. The molecule has 0 atom stereocenters. The summed E-state index contributed by atoms with van der Waals surface area (Å²) in [6, 6.07) is 7.14. The second-order valence-electron chi connectivity index (χ2n) is 2.48. The second kappa shape index (κ2) is 2.74. The molecule has 0 aliphatic carbocycles. The van der Waals surface area contributed by atoms with E-state index in [9.17, 15) is 10.1 Å². The summed E-state index contributed by atoms with van der Waals surface area (Å²) in [5.74, 6) is 0.306. The summed E-state index contributed by atoms with van der Waals surface area (Å²) < 4.78 is 0. The zero-order valence-electron chi connectivity index (χ0n) is 6.52. The van der Waals surface area contributed by atoms with E-state index < -0.39 is 5.03 Å². The van der Waals surface area contributed by atoms with Gasteiger partial charge in [-0.15, -0.1) is 0 Å². The highest BCUT2D eigenvalue weighted by molar-refractivity contribution is 5.88. The standard InChI is InChI=1S/C7H6N4O2/c12-11(13)10-7-5-3-1-2-4-6(5)8-9-7/h1-4H,(H2,8,9,10). The molecule has 0 radical (unpaired) electrons. The van der Waals surface area contributed by atoms with Crippen LogP contribution in [0.3, 0.4) is 0 Å². The fraction of sp³-hybridized carbons (Fsp3) is 0. The van der Waals surface area contributed by atoms with E-state index in [1.165, 1.54) is 0 Å². The summed E-state index contributed by atoms with van der Waals surface area (Å²) in [6.45, 7) is 0. The fourth-order valence-electron chi connectivity index (χ4n) is 1.14. The number of para-hydroxylation sites is 1. The Labute approximate surface area is 72.7 Å². The quantitative estimate of drug-likeness (QED) is 0.534. The van der Waals surface area contributed by atoms with Gasteiger partial charge in [0.1, 0.15) is 0 Å². The first kappa shape index (κ1) is 7.53. The maximum Gasteiger partial charge on any atom is 0.194 e. The Hall–Kier alpha value is -2.11. The van der Waals surface area contributed by atoms with E-state index in [0.717, 1.165) is 0 Å². The Balaban J connectivity index is 2.51. The topological polar surface area (TPSA) is 83.9 Å². The Morgan fingerprint density at radius 2 is 2.23 bits per heavy atom. The second-order valence-corrected chi connectivity index (χ2v) is 2.48. The summed E-state index contributed by atoms with van der Waals surface area (Å²) in [6.07, 6.45) is 0. The molecule has 66 valence electrons. The Bertz CT molecular complexity index is 450. The first-order chi connectivity index (χ1) is 6.27. The minimum atomic E-state index is -0.625. The minimum Gasteiger partial charge on any atom is -0.257 e. The van der Waals surface area contributed by atoms with Crippen LogP contribution in [0.15, 0.2) is 24.3 Å². The molecular formula is C7H6N4O2. The van der Waals surface area contributed by atoms with Crippen LogP contribution in [0.2, 0.25) is 0 Å². The third kappa shape index (κ3) is 1.28. The summed E-state index contributed by atoms with van der Waals surface area (Å²) in [4.78, 5) is 10.2. The molecule has 2 N–H and O–H groups in total. The number of rotatable bonds is 2. The smallest absolute Gasteiger partial charge is 0.194 e. The van der Waals surface area contributed by atoms with Crippen molar-refractivity contribution in [2.24, 2.45) is 0 Å². The van der Waals surface area contributed by atoms with Crippen LogP contribution in [0.4, 0.5) is 5.82 Å². The van der Waals surface area contributed by atoms with E-state index in [2.05, 4.69) is 10.2 Å². The summed E-state index contributed by atoms with van der Waals surface area (Å²) in [5, 5.41) is 16.7. The van der Waals surface area contributed by atoms with Crippen molar-refractivity contribution in [3.8, 4) is 0 Å². The van der Waals surface area contributed by atoms with Gasteiger partial charge in [0.25, 0.3) is 0 Å². The van der Waals surface area contributed by atoms with Crippen molar-refractivity contribution in [1.29, 1.82) is 0 Å². The zero-order valence-corrected chi connectivity index (χ0v) is 6.52. The number of nitrogens with zero attached hydrogens (tertiary/aromatic N) is 2. The molecule has 1 aromatic heterocycles. The monoisotopic (exact) mass is 178 g/mol. The average Bonchev–Trinajstić information content (AvgIpc) is 2.48. The molecule has 0 unspecified atom stereocenters. The molecule has 6 heteroatoms. The van der Waals surface area contributed by atoms with Crippen molar-refractivity contribution in [1.82, 2.24) is 10.2 Å². The number of nitro groups is 1. The van der Waals surface area contributed by atoms with Crippen molar-refractivity contribution in [3.05, 3.63) is 34.4 Å². The zero-order chi connectivity index (χ0) is 9.26. The highest BCUT2D eigenvalue weighted by Gasteiger charge is 2.07. The molecule has 1 heterocycles. The van der Waals surface area contributed by atoms with E-state index in [1.54, 1.807) is 18.2 Å². The van der Waals surface area contributed by atoms with Gasteiger partial charge >= 0.3 is 0 Å². The van der Waals surface area contributed by atoms with Crippen molar-refractivity contribution in [2.45, 2.75) is 0 Å². The summed E-state index contributed by atoms with van der Waals surface area (Å²) in [7, 11) is 0. The molecule has 1 aromatic carbocycles. The normalized spacial score (nSPS) is 10.2. The first-order valence-corrected chi connectivity index (χ1v) is 3.61. The fourth-order valence-corrected chi connectivity index (χ4v) is 1.14. The Kier molecular flexibility index (Phi) is 1.59. The molecule has 0 saturated heterocycles. The number of aromatic nitrogens is 2. The third-order valence-corrected chi connectivity index (χ3v) is 1.66. The van der Waals surface area contributed by atoms with E-state index in [4.69, 9.17) is 0 Å². The lowest BCUT2D eigenvalue weighted by Crippen LogP contribution is -2.08. The van der Waals surface area contributed by atoms with Gasteiger partial charge < -0.3 is 0 Å². The number of benzene rings is 1. The first-order valence-electron chi connectivity index (χ1n) is 3.61. The minimum absolute atomic E-state index is 0.306. The predicted molar refractivity (Wildman–Crippen MR) is 46.7 cm³/mol. The van der Waals surface area contributed by atoms with Crippen molar-refractivity contribution in [3.63, 3.8) is 0 Å². The number of anilines is 1. The Morgan fingerprint density at radius 3 is 3.00 bits per heavy atom. The number of H-pyrrole nitrogens is 1. The lowest BCUT2D eigenvalue weighted by molar-refractivity contribution is -0.445. The van der Waals surface area contributed by atoms with E-state index >= 15 is 0 Å². The van der Waals surface area contributed by atoms with Gasteiger partial charge in [-0.3, -0.25) is 5.10 Å². The largest absolute Gasteiger partial charge is 0.257 e. The lowest BCUT2D eigenvalue weighted by Gasteiger charge is -1.91. The van der Waals surface area contributed by atoms with Gasteiger partial charge in [0.05, 0.1) is 5.52 Å². The SMILES string of the molecule is O=[N+]([O-])Nc1[nH]nc2ccccc12. The summed E-state index contributed by atoms with van der Waals surface area (Å²) >= 11 is 0. The van der Waals surface area contributed by atoms with Crippen LogP contribution < -0.4 is 5.43 Å². The third-order valence-electron chi connectivity index (χ3n) is 1.66. The maximum absolute atomic E-state index is 10.2. The molecule has 2 rings (SSSR count). The van der Waals surface area contributed by atoms with Gasteiger partial charge in [0, 0.05) is 5.39 Å². The molecule has 6 nitrogen and oxygen atoms in total. The van der Waals surface area contributed by atoms with Crippen LogP contribution in [-0.4, -0.2) is 15.2 Å². The average molecular weight is 178 g/mol. The molecule has 0 spiro atoms. The molecule has 0 amide bonds. The van der Waals surface area contributed by atoms with Gasteiger partial charge in [-0.05, 0) is 12.1 Å². The van der Waals surface area contributed by atoms with Gasteiger partial charge in [-0.2, -0.15) is 5.10 Å². The van der Waals surface area contributed by atoms with E-state index in [-0.39, 0.29) is 0 Å². The predicted octanol–water partition coefficient (Wildman–Crippen LogP) is 1.17. The number of nitrogens with one attached hydrogen (secondary N) is 2. The van der Waals surface area contributed by atoms with Crippen LogP contribution in [0.1, 0.15) is 0 Å². The number of fused-ring (bicyclic) bond motifs is 1. The molecule has 13 heavy (non-hydrogen) atoms.